The van der Waals surface area contributed by atoms with E-state index in [-0.39, 0.29) is 17.3 Å². The molecular weight excluding hydrogens is 436 g/mol. The maximum Gasteiger partial charge on any atom is 0.338 e. The van der Waals surface area contributed by atoms with Crippen molar-refractivity contribution in [2.75, 3.05) is 6.61 Å². The molecule has 8 atom stereocenters. The Balaban J connectivity index is 1.25. The number of benzene rings is 1. The summed E-state index contributed by atoms with van der Waals surface area (Å²) in [6.45, 7) is 6.37. The zero-order chi connectivity index (χ0) is 24.8. The number of Topliss-reactive ketones (excluding diaryl/α,β-unsaturated/α-hetero) is 1. The number of ketones is 1. The van der Waals surface area contributed by atoms with Crippen LogP contribution in [0.25, 0.3) is 0 Å². The Morgan fingerprint density at radius 1 is 1.00 bits per heavy atom. The van der Waals surface area contributed by atoms with Crippen molar-refractivity contribution in [3.63, 3.8) is 0 Å². The summed E-state index contributed by atoms with van der Waals surface area (Å²) in [5, 5.41) is 11.4. The van der Waals surface area contributed by atoms with E-state index in [1.807, 2.05) is 12.1 Å². The fourth-order valence-corrected chi connectivity index (χ4v) is 8.75. The highest BCUT2D eigenvalue weighted by molar-refractivity contribution is 5.89. The summed E-state index contributed by atoms with van der Waals surface area (Å²) in [5.41, 5.74) is 0.618. The van der Waals surface area contributed by atoms with E-state index in [0.717, 1.165) is 43.1 Å². The summed E-state index contributed by atoms with van der Waals surface area (Å²) < 4.78 is 5.04. The molecule has 0 saturated heterocycles. The number of aliphatic hydroxyl groups is 1. The van der Waals surface area contributed by atoms with Crippen molar-refractivity contribution in [3.05, 3.63) is 35.4 Å². The fraction of sp³-hybridized carbons (Fsp3) is 0.677. The van der Waals surface area contributed by atoms with Gasteiger partial charge in [0.05, 0.1) is 12.2 Å². The van der Waals surface area contributed by atoms with Crippen LogP contribution in [0.5, 0.6) is 0 Å². The van der Waals surface area contributed by atoms with Gasteiger partial charge in [0.2, 0.25) is 0 Å². The average Bonchev–Trinajstić information content (AvgIpc) is 3.20. The molecule has 1 aromatic carbocycles. The molecule has 4 heteroatoms. The van der Waals surface area contributed by atoms with Crippen LogP contribution in [0.15, 0.2) is 24.3 Å². The van der Waals surface area contributed by atoms with Gasteiger partial charge >= 0.3 is 5.97 Å². The van der Waals surface area contributed by atoms with Gasteiger partial charge in [-0.3, -0.25) is 4.79 Å². The predicted octanol–water partition coefficient (Wildman–Crippen LogP) is 5.80. The lowest BCUT2D eigenvalue weighted by Gasteiger charge is -2.56. The SMILES string of the molecule is CCOC(=O)c1ccc(C#C[C@@]2(O)CC[C@H]3[C@H](CC[C@@H]4[C@@H]3CC[C@]3(C)[C@@H](C(C)=O)CC[C@@H]43)C2)cc1. The number of hydrogen-bond acceptors (Lipinski definition) is 4. The van der Waals surface area contributed by atoms with Gasteiger partial charge < -0.3 is 9.84 Å². The molecule has 0 heterocycles. The van der Waals surface area contributed by atoms with Crippen molar-refractivity contribution in [1.29, 1.82) is 0 Å². The van der Waals surface area contributed by atoms with E-state index in [2.05, 4.69) is 18.8 Å². The van der Waals surface area contributed by atoms with E-state index in [1.165, 1.54) is 32.1 Å². The standard InChI is InChI=1S/C31H40O4/c1-4-35-29(33)22-7-5-21(6-8-22)13-17-31(34)18-15-24-23(19-31)9-10-26-25(24)14-16-30(3)27(20(2)32)11-12-28(26)30/h5-8,23-28,34H,4,9-12,14-16,18-19H2,1-3H3/t23-,24+,25-,26-,27-,28+,30-,31-/m1/s1. The zero-order valence-corrected chi connectivity index (χ0v) is 21.5. The van der Waals surface area contributed by atoms with Crippen molar-refractivity contribution >= 4 is 11.8 Å². The summed E-state index contributed by atoms with van der Waals surface area (Å²) in [4.78, 5) is 24.2. The minimum Gasteiger partial charge on any atom is -0.462 e. The van der Waals surface area contributed by atoms with Crippen molar-refractivity contribution in [1.82, 2.24) is 0 Å². The molecule has 4 aliphatic carbocycles. The third-order valence-corrected chi connectivity index (χ3v) is 10.3. The van der Waals surface area contributed by atoms with Crippen LogP contribution in [-0.2, 0) is 9.53 Å². The molecule has 0 amide bonds. The number of fused-ring (bicyclic) bond motifs is 5. The second kappa shape index (κ2) is 9.40. The molecule has 4 nitrogen and oxygen atoms in total. The summed E-state index contributed by atoms with van der Waals surface area (Å²) in [7, 11) is 0. The molecule has 1 aromatic rings. The minimum absolute atomic E-state index is 0.212. The molecule has 1 N–H and O–H groups in total. The molecule has 4 fully saturated rings. The molecule has 188 valence electrons. The largest absolute Gasteiger partial charge is 0.462 e. The summed E-state index contributed by atoms with van der Waals surface area (Å²) in [6.07, 6.45) is 9.75. The van der Waals surface area contributed by atoms with Crippen LogP contribution in [0.3, 0.4) is 0 Å². The topological polar surface area (TPSA) is 63.6 Å². The number of carbonyl (C=O) groups excluding carboxylic acids is 2. The van der Waals surface area contributed by atoms with Gasteiger partial charge in [-0.15, -0.1) is 0 Å². The minimum atomic E-state index is -0.927. The maximum atomic E-state index is 12.3. The van der Waals surface area contributed by atoms with E-state index in [9.17, 15) is 14.7 Å². The lowest BCUT2D eigenvalue weighted by molar-refractivity contribution is -0.129. The summed E-state index contributed by atoms with van der Waals surface area (Å²) in [5.74, 6) is 10.2. The number of carbonyl (C=O) groups is 2. The highest BCUT2D eigenvalue weighted by Crippen LogP contribution is 2.64. The molecule has 0 bridgehead atoms. The average molecular weight is 477 g/mol. The quantitative estimate of drug-likeness (QED) is 0.442. The van der Waals surface area contributed by atoms with Crippen LogP contribution in [0.2, 0.25) is 0 Å². The third kappa shape index (κ3) is 4.46. The number of esters is 1. The van der Waals surface area contributed by atoms with Crippen molar-refractivity contribution in [2.24, 2.45) is 40.9 Å². The van der Waals surface area contributed by atoms with Gasteiger partial charge in [0.25, 0.3) is 0 Å². The monoisotopic (exact) mass is 476 g/mol. The first-order chi connectivity index (χ1) is 16.7. The third-order valence-electron chi connectivity index (χ3n) is 10.3. The molecular formula is C31H40O4. The van der Waals surface area contributed by atoms with E-state index >= 15 is 0 Å². The van der Waals surface area contributed by atoms with Gasteiger partial charge in [0.15, 0.2) is 0 Å². The molecule has 0 unspecified atom stereocenters. The Labute approximate surface area is 210 Å². The van der Waals surface area contributed by atoms with Gasteiger partial charge in [0.1, 0.15) is 11.4 Å². The number of rotatable bonds is 3. The fourth-order valence-electron chi connectivity index (χ4n) is 8.75. The number of ether oxygens (including phenoxy) is 1. The first kappa shape index (κ1) is 24.6. The van der Waals surface area contributed by atoms with E-state index in [1.54, 1.807) is 26.0 Å². The van der Waals surface area contributed by atoms with Crippen molar-refractivity contribution in [2.45, 2.75) is 84.2 Å². The molecule has 5 rings (SSSR count). The van der Waals surface area contributed by atoms with Crippen LogP contribution in [0.1, 0.15) is 94.5 Å². The molecule has 35 heavy (non-hydrogen) atoms. The molecule has 4 saturated carbocycles. The Hall–Kier alpha value is -2.12. The molecule has 0 aliphatic heterocycles. The van der Waals surface area contributed by atoms with Gasteiger partial charge in [0, 0.05) is 11.5 Å². The predicted molar refractivity (Wildman–Crippen MR) is 136 cm³/mol. The van der Waals surface area contributed by atoms with Crippen LogP contribution in [0.4, 0.5) is 0 Å². The van der Waals surface area contributed by atoms with Crippen LogP contribution < -0.4 is 0 Å². The highest BCUT2D eigenvalue weighted by atomic mass is 16.5. The molecule has 4 aliphatic rings. The summed E-state index contributed by atoms with van der Waals surface area (Å²) >= 11 is 0. The van der Waals surface area contributed by atoms with Gasteiger partial charge in [-0.25, -0.2) is 4.79 Å². The van der Waals surface area contributed by atoms with Crippen LogP contribution in [-0.4, -0.2) is 29.1 Å². The van der Waals surface area contributed by atoms with Crippen LogP contribution in [0, 0.1) is 52.8 Å². The Kier molecular flexibility index (Phi) is 6.60. The molecule has 0 aromatic heterocycles. The molecule has 0 radical (unpaired) electrons. The van der Waals surface area contributed by atoms with Crippen molar-refractivity contribution < 1.29 is 19.4 Å². The van der Waals surface area contributed by atoms with E-state index in [4.69, 9.17) is 4.74 Å². The first-order valence-electron chi connectivity index (χ1n) is 13.8. The normalized spacial score (nSPS) is 39.9. The molecule has 0 spiro atoms. The second-order valence-electron chi connectivity index (χ2n) is 12.0. The van der Waals surface area contributed by atoms with Gasteiger partial charge in [-0.05, 0) is 131 Å². The second-order valence-corrected chi connectivity index (χ2v) is 12.0. The first-order valence-corrected chi connectivity index (χ1v) is 13.8. The van der Waals surface area contributed by atoms with Gasteiger partial charge in [-0.2, -0.15) is 0 Å². The van der Waals surface area contributed by atoms with Crippen molar-refractivity contribution in [3.8, 4) is 11.8 Å². The van der Waals surface area contributed by atoms with E-state index in [0.29, 0.717) is 35.7 Å². The smallest absolute Gasteiger partial charge is 0.338 e. The zero-order valence-electron chi connectivity index (χ0n) is 21.5. The van der Waals surface area contributed by atoms with E-state index < -0.39 is 5.60 Å². The highest BCUT2D eigenvalue weighted by Gasteiger charge is 2.58. The lowest BCUT2D eigenvalue weighted by Crippen LogP contribution is -2.51. The summed E-state index contributed by atoms with van der Waals surface area (Å²) in [6, 6.07) is 7.13. The Bertz CT molecular complexity index is 1030. The van der Waals surface area contributed by atoms with Crippen LogP contribution >= 0.6 is 0 Å². The van der Waals surface area contributed by atoms with Gasteiger partial charge in [-0.1, -0.05) is 18.8 Å². The Morgan fingerprint density at radius 2 is 1.74 bits per heavy atom. The Morgan fingerprint density at radius 3 is 2.46 bits per heavy atom. The maximum absolute atomic E-state index is 12.3. The lowest BCUT2D eigenvalue weighted by atomic mass is 9.49. The number of hydrogen-bond donors (Lipinski definition) is 1.